The number of esters is 1. The zero-order chi connectivity index (χ0) is 23.5. The van der Waals surface area contributed by atoms with Crippen LogP contribution in [0, 0.1) is 0 Å². The van der Waals surface area contributed by atoms with E-state index < -0.39 is 12.0 Å². The molecular formula is C25H26N2O5S. The lowest BCUT2D eigenvalue weighted by Gasteiger charge is -2.33. The standard InChI is InChI=1S/C25H26N2O5S/c1-5-20-23(28)27-22(17-11-12-18(30-3)19(13-17)31-4)21(15(2)26-25(27)33-20)24(29)32-14-16-9-7-6-8-10-16/h6-13,20,22H,5,14H2,1-4H3/t20-,22+/m0/s1. The molecule has 2 aromatic carbocycles. The summed E-state index contributed by atoms with van der Waals surface area (Å²) < 4.78 is 16.5. The number of methoxy groups -OCH3 is 2. The lowest BCUT2D eigenvalue weighted by atomic mass is 9.93. The zero-order valence-corrected chi connectivity index (χ0v) is 19.8. The Bertz CT molecular complexity index is 1130. The molecule has 0 spiro atoms. The first kappa shape index (κ1) is 22.9. The van der Waals surface area contributed by atoms with Crippen molar-refractivity contribution in [2.45, 2.75) is 38.2 Å². The third-order valence-corrected chi connectivity index (χ3v) is 7.00. The van der Waals surface area contributed by atoms with Gasteiger partial charge in [0.25, 0.3) is 0 Å². The van der Waals surface area contributed by atoms with Crippen molar-refractivity contribution in [3.8, 4) is 11.5 Å². The summed E-state index contributed by atoms with van der Waals surface area (Å²) in [7, 11) is 3.11. The number of fused-ring (bicyclic) bond motifs is 1. The fraction of sp³-hybridized carbons (Fsp3) is 0.320. The van der Waals surface area contributed by atoms with Gasteiger partial charge in [-0.25, -0.2) is 9.79 Å². The van der Waals surface area contributed by atoms with Crippen LogP contribution in [0.15, 0.2) is 64.8 Å². The minimum atomic E-state index is -0.669. The number of allylic oxidation sites excluding steroid dienone is 1. The van der Waals surface area contributed by atoms with Gasteiger partial charge in [0.2, 0.25) is 5.91 Å². The highest BCUT2D eigenvalue weighted by Gasteiger charge is 2.47. The van der Waals surface area contributed by atoms with E-state index in [0.29, 0.717) is 34.4 Å². The molecule has 0 bridgehead atoms. The summed E-state index contributed by atoms with van der Waals surface area (Å²) in [6.45, 7) is 3.88. The Morgan fingerprint density at radius 1 is 1.09 bits per heavy atom. The lowest BCUT2D eigenvalue weighted by Crippen LogP contribution is -2.40. The van der Waals surface area contributed by atoms with E-state index in [9.17, 15) is 9.59 Å². The summed E-state index contributed by atoms with van der Waals surface area (Å²) in [4.78, 5) is 32.8. The number of carbonyl (C=O) groups is 2. The Kier molecular flexibility index (Phi) is 6.74. The molecule has 4 rings (SSSR count). The third-order valence-electron chi connectivity index (χ3n) is 5.68. The van der Waals surface area contributed by atoms with E-state index in [0.717, 1.165) is 11.1 Å². The number of benzene rings is 2. The first-order valence-corrected chi connectivity index (χ1v) is 11.6. The normalized spacial score (nSPS) is 19.8. The summed E-state index contributed by atoms with van der Waals surface area (Å²) >= 11 is 1.43. The van der Waals surface area contributed by atoms with Gasteiger partial charge < -0.3 is 14.2 Å². The van der Waals surface area contributed by atoms with E-state index in [1.807, 2.05) is 43.3 Å². The largest absolute Gasteiger partial charge is 0.493 e. The predicted octanol–water partition coefficient (Wildman–Crippen LogP) is 4.49. The highest BCUT2D eigenvalue weighted by atomic mass is 32.2. The smallest absolute Gasteiger partial charge is 0.338 e. The van der Waals surface area contributed by atoms with Gasteiger partial charge in [0.15, 0.2) is 16.7 Å². The van der Waals surface area contributed by atoms with Gasteiger partial charge in [-0.2, -0.15) is 0 Å². The Morgan fingerprint density at radius 3 is 2.48 bits per heavy atom. The van der Waals surface area contributed by atoms with Crippen LogP contribution < -0.4 is 9.47 Å². The van der Waals surface area contributed by atoms with Gasteiger partial charge in [-0.15, -0.1) is 0 Å². The summed E-state index contributed by atoms with van der Waals surface area (Å²) in [5.41, 5.74) is 2.48. The van der Waals surface area contributed by atoms with E-state index in [4.69, 9.17) is 14.2 Å². The SMILES string of the molecule is CC[C@@H]1SC2=NC(C)=C(C(=O)OCc3ccccc3)[C@@H](c3ccc(OC)c(OC)c3)N2C1=O. The molecule has 2 aliphatic heterocycles. The van der Waals surface area contributed by atoms with Crippen LogP contribution in [0.25, 0.3) is 0 Å². The van der Waals surface area contributed by atoms with Crippen molar-refractivity contribution in [3.63, 3.8) is 0 Å². The van der Waals surface area contributed by atoms with Crippen LogP contribution in [0.5, 0.6) is 11.5 Å². The van der Waals surface area contributed by atoms with Crippen LogP contribution in [0.2, 0.25) is 0 Å². The summed E-state index contributed by atoms with van der Waals surface area (Å²) in [6, 6.07) is 14.2. The van der Waals surface area contributed by atoms with Crippen LogP contribution >= 0.6 is 11.8 Å². The Morgan fingerprint density at radius 2 is 1.82 bits per heavy atom. The highest BCUT2D eigenvalue weighted by Crippen LogP contribution is 2.45. The van der Waals surface area contributed by atoms with Crippen molar-refractivity contribution in [3.05, 3.63) is 70.9 Å². The fourth-order valence-electron chi connectivity index (χ4n) is 3.99. The van der Waals surface area contributed by atoms with Crippen LogP contribution in [0.1, 0.15) is 37.4 Å². The van der Waals surface area contributed by atoms with Crippen molar-refractivity contribution in [2.24, 2.45) is 4.99 Å². The molecule has 0 unspecified atom stereocenters. The number of hydrogen-bond acceptors (Lipinski definition) is 7. The molecule has 172 valence electrons. The van der Waals surface area contributed by atoms with E-state index in [1.54, 1.807) is 38.2 Å². The third kappa shape index (κ3) is 4.35. The number of carbonyl (C=O) groups excluding carboxylic acids is 2. The van der Waals surface area contributed by atoms with Gasteiger partial charge in [0.05, 0.1) is 36.8 Å². The molecule has 1 fully saturated rings. The number of nitrogens with zero attached hydrogens (tertiary/aromatic N) is 2. The van der Waals surface area contributed by atoms with Crippen molar-refractivity contribution < 1.29 is 23.8 Å². The average molecular weight is 467 g/mol. The van der Waals surface area contributed by atoms with E-state index in [-0.39, 0.29) is 17.8 Å². The minimum Gasteiger partial charge on any atom is -0.493 e. The molecule has 0 N–H and O–H groups in total. The molecule has 2 atom stereocenters. The molecule has 0 aromatic heterocycles. The van der Waals surface area contributed by atoms with Gasteiger partial charge in [-0.05, 0) is 36.6 Å². The number of ether oxygens (including phenoxy) is 3. The first-order valence-electron chi connectivity index (χ1n) is 10.7. The second-order valence-electron chi connectivity index (χ2n) is 7.70. The van der Waals surface area contributed by atoms with Crippen LogP contribution in [0.3, 0.4) is 0 Å². The molecule has 0 aliphatic carbocycles. The molecule has 7 nitrogen and oxygen atoms in total. The second-order valence-corrected chi connectivity index (χ2v) is 8.87. The molecular weight excluding hydrogens is 440 g/mol. The van der Waals surface area contributed by atoms with E-state index >= 15 is 0 Å². The maximum absolute atomic E-state index is 13.3. The van der Waals surface area contributed by atoms with Crippen LogP contribution in [-0.2, 0) is 20.9 Å². The molecule has 0 radical (unpaired) electrons. The first-order chi connectivity index (χ1) is 16.0. The van der Waals surface area contributed by atoms with Gasteiger partial charge in [-0.3, -0.25) is 9.69 Å². The Hall–Kier alpha value is -3.26. The van der Waals surface area contributed by atoms with Crippen LogP contribution in [0.4, 0.5) is 0 Å². The van der Waals surface area contributed by atoms with E-state index in [2.05, 4.69) is 4.99 Å². The monoisotopic (exact) mass is 466 g/mol. The maximum atomic E-state index is 13.3. The fourth-order valence-corrected chi connectivity index (χ4v) is 5.12. The number of aliphatic imine (C=N–C) groups is 1. The van der Waals surface area contributed by atoms with Crippen molar-refractivity contribution in [2.75, 3.05) is 14.2 Å². The second kappa shape index (κ2) is 9.70. The Labute approximate surface area is 197 Å². The van der Waals surface area contributed by atoms with Gasteiger partial charge in [0.1, 0.15) is 6.61 Å². The molecule has 1 amide bonds. The summed E-state index contributed by atoms with van der Waals surface area (Å²) in [6.07, 6.45) is 0.671. The van der Waals surface area contributed by atoms with Crippen LogP contribution in [-0.4, -0.2) is 41.4 Å². The van der Waals surface area contributed by atoms with Crippen molar-refractivity contribution in [1.82, 2.24) is 4.90 Å². The van der Waals surface area contributed by atoms with Gasteiger partial charge in [-0.1, -0.05) is 55.1 Å². The number of amidine groups is 1. The quantitative estimate of drug-likeness (QED) is 0.560. The molecule has 2 heterocycles. The Balaban J connectivity index is 1.75. The number of rotatable bonds is 7. The summed E-state index contributed by atoms with van der Waals surface area (Å²) in [5, 5.41) is 0.364. The number of thioether (sulfide) groups is 1. The highest BCUT2D eigenvalue weighted by molar-refractivity contribution is 8.15. The molecule has 0 saturated carbocycles. The number of amides is 1. The molecule has 2 aromatic rings. The maximum Gasteiger partial charge on any atom is 0.338 e. The van der Waals surface area contributed by atoms with Crippen molar-refractivity contribution in [1.29, 1.82) is 0 Å². The molecule has 1 saturated heterocycles. The molecule has 8 heteroatoms. The molecule has 2 aliphatic rings. The summed E-state index contributed by atoms with van der Waals surface area (Å²) in [5.74, 6) is 0.507. The predicted molar refractivity (Wildman–Crippen MR) is 127 cm³/mol. The lowest BCUT2D eigenvalue weighted by molar-refractivity contribution is -0.141. The van der Waals surface area contributed by atoms with Gasteiger partial charge in [0, 0.05) is 0 Å². The molecule has 33 heavy (non-hydrogen) atoms. The average Bonchev–Trinajstić information content (AvgIpc) is 3.16. The number of hydrogen-bond donors (Lipinski definition) is 0. The topological polar surface area (TPSA) is 77.4 Å². The van der Waals surface area contributed by atoms with Gasteiger partial charge >= 0.3 is 5.97 Å². The van der Waals surface area contributed by atoms with E-state index in [1.165, 1.54) is 11.8 Å². The minimum absolute atomic E-state index is 0.0677. The van der Waals surface area contributed by atoms with Crippen molar-refractivity contribution >= 4 is 28.8 Å². The zero-order valence-electron chi connectivity index (χ0n) is 19.0.